The summed E-state index contributed by atoms with van der Waals surface area (Å²) in [4.78, 5) is 5.12. The molecule has 4 heterocycles. The molecular formula is C14H25N5. The topological polar surface area (TPSA) is 50.3 Å². The van der Waals surface area contributed by atoms with E-state index in [2.05, 4.69) is 27.9 Å². The third kappa shape index (κ3) is 2.55. The van der Waals surface area contributed by atoms with E-state index in [-0.39, 0.29) is 6.04 Å². The largest absolute Gasteiger partial charge is 0.326 e. The smallest absolute Gasteiger partial charge is 0.0624 e. The first-order valence-electron chi connectivity index (χ1n) is 7.41. The van der Waals surface area contributed by atoms with Crippen LogP contribution in [0.1, 0.15) is 18.3 Å². The molecule has 3 saturated heterocycles. The Balaban J connectivity index is 1.67. The lowest BCUT2D eigenvalue weighted by Crippen LogP contribution is -2.66. The number of aromatic nitrogens is 2. The maximum atomic E-state index is 6.48. The fourth-order valence-corrected chi connectivity index (χ4v) is 3.38. The number of nitrogens with two attached hydrogens (primary N) is 1. The molecule has 2 atom stereocenters. The molecule has 0 amide bonds. The Morgan fingerprint density at radius 3 is 2.63 bits per heavy atom. The van der Waals surface area contributed by atoms with Crippen LogP contribution in [-0.4, -0.2) is 64.4 Å². The van der Waals surface area contributed by atoms with Gasteiger partial charge in [0.1, 0.15) is 0 Å². The minimum absolute atomic E-state index is 0.211. The van der Waals surface area contributed by atoms with Gasteiger partial charge in [-0.2, -0.15) is 5.10 Å². The number of piperazine rings is 3. The first-order valence-corrected chi connectivity index (χ1v) is 7.41. The molecule has 5 heteroatoms. The van der Waals surface area contributed by atoms with Crippen molar-refractivity contribution in [2.24, 2.45) is 12.8 Å². The molecule has 4 rings (SSSR count). The zero-order chi connectivity index (χ0) is 13.4. The number of fused-ring (bicyclic) bond motifs is 3. The van der Waals surface area contributed by atoms with E-state index in [0.717, 1.165) is 19.4 Å². The van der Waals surface area contributed by atoms with Crippen molar-refractivity contribution in [3.05, 3.63) is 17.5 Å². The van der Waals surface area contributed by atoms with Gasteiger partial charge in [-0.25, -0.2) is 0 Å². The van der Waals surface area contributed by atoms with Crippen molar-refractivity contribution >= 4 is 0 Å². The molecule has 2 N–H and O–H groups in total. The van der Waals surface area contributed by atoms with Crippen LogP contribution in [0, 0.1) is 0 Å². The van der Waals surface area contributed by atoms with Crippen molar-refractivity contribution in [2.45, 2.75) is 31.8 Å². The molecule has 2 unspecified atom stereocenters. The predicted octanol–water partition coefficient (Wildman–Crippen LogP) is -0.148. The van der Waals surface area contributed by atoms with Crippen LogP contribution in [0.5, 0.6) is 0 Å². The summed E-state index contributed by atoms with van der Waals surface area (Å²) in [5.41, 5.74) is 8.91. The first kappa shape index (κ1) is 13.1. The van der Waals surface area contributed by atoms with Gasteiger partial charge in [0, 0.05) is 64.0 Å². The van der Waals surface area contributed by atoms with Crippen LogP contribution in [0.25, 0.3) is 0 Å². The van der Waals surface area contributed by atoms with Crippen molar-refractivity contribution in [2.75, 3.05) is 32.7 Å². The standard InChI is InChI=1S/C14H25N5/c1-3-11-8-12(17(2)16-11)9-13(15)14-10-18-4-6-19(14)7-5-18/h8,13-14H,3-7,9-10,15H2,1-2H3. The van der Waals surface area contributed by atoms with E-state index in [9.17, 15) is 0 Å². The Labute approximate surface area is 115 Å². The van der Waals surface area contributed by atoms with Crippen molar-refractivity contribution in [1.29, 1.82) is 0 Å². The molecule has 0 aromatic carbocycles. The van der Waals surface area contributed by atoms with Crippen LogP contribution in [-0.2, 0) is 19.9 Å². The summed E-state index contributed by atoms with van der Waals surface area (Å²) in [5.74, 6) is 0. The molecule has 1 aromatic heterocycles. The Morgan fingerprint density at radius 1 is 1.37 bits per heavy atom. The van der Waals surface area contributed by atoms with E-state index in [1.54, 1.807) is 0 Å². The third-order valence-electron chi connectivity index (χ3n) is 4.65. The predicted molar refractivity (Wildman–Crippen MR) is 76.1 cm³/mol. The zero-order valence-corrected chi connectivity index (χ0v) is 12.0. The molecule has 0 saturated carbocycles. The van der Waals surface area contributed by atoms with E-state index in [1.807, 2.05) is 11.7 Å². The van der Waals surface area contributed by atoms with E-state index >= 15 is 0 Å². The van der Waals surface area contributed by atoms with E-state index in [0.29, 0.717) is 6.04 Å². The van der Waals surface area contributed by atoms with Gasteiger partial charge < -0.3 is 5.73 Å². The van der Waals surface area contributed by atoms with Crippen LogP contribution >= 0.6 is 0 Å². The molecule has 3 aliphatic rings. The van der Waals surface area contributed by atoms with E-state index in [4.69, 9.17) is 5.73 Å². The van der Waals surface area contributed by atoms with Gasteiger partial charge in [0.15, 0.2) is 0 Å². The van der Waals surface area contributed by atoms with E-state index < -0.39 is 0 Å². The molecule has 0 spiro atoms. The van der Waals surface area contributed by atoms with Gasteiger partial charge in [0.2, 0.25) is 0 Å². The minimum Gasteiger partial charge on any atom is -0.326 e. The molecule has 5 nitrogen and oxygen atoms in total. The van der Waals surface area contributed by atoms with Crippen LogP contribution in [0.3, 0.4) is 0 Å². The summed E-state index contributed by atoms with van der Waals surface area (Å²) in [6.07, 6.45) is 1.92. The molecule has 3 aliphatic heterocycles. The fourth-order valence-electron chi connectivity index (χ4n) is 3.38. The van der Waals surface area contributed by atoms with Crippen LogP contribution in [0.4, 0.5) is 0 Å². The number of hydrogen-bond donors (Lipinski definition) is 1. The van der Waals surface area contributed by atoms with Crippen molar-refractivity contribution < 1.29 is 0 Å². The highest BCUT2D eigenvalue weighted by molar-refractivity contribution is 5.12. The molecule has 106 valence electrons. The SMILES string of the molecule is CCc1cc(CC(N)C2CN3CCN2CC3)n(C)n1. The monoisotopic (exact) mass is 263 g/mol. The lowest BCUT2D eigenvalue weighted by Gasteiger charge is -2.49. The number of hydrogen-bond acceptors (Lipinski definition) is 4. The van der Waals surface area contributed by atoms with Gasteiger partial charge in [0.25, 0.3) is 0 Å². The first-order chi connectivity index (χ1) is 9.17. The third-order valence-corrected chi connectivity index (χ3v) is 4.65. The van der Waals surface area contributed by atoms with Gasteiger partial charge in [0.05, 0.1) is 5.69 Å². The Hall–Kier alpha value is -0.910. The summed E-state index contributed by atoms with van der Waals surface area (Å²) in [6.45, 7) is 8.09. The molecular weight excluding hydrogens is 238 g/mol. The number of nitrogens with zero attached hydrogens (tertiary/aromatic N) is 4. The molecule has 3 fully saturated rings. The summed E-state index contributed by atoms with van der Waals surface area (Å²) < 4.78 is 2.00. The second-order valence-corrected chi connectivity index (χ2v) is 5.88. The number of rotatable bonds is 4. The highest BCUT2D eigenvalue weighted by atomic mass is 15.4. The molecule has 0 aliphatic carbocycles. The lowest BCUT2D eigenvalue weighted by molar-refractivity contribution is 0.00237. The Morgan fingerprint density at radius 2 is 2.11 bits per heavy atom. The molecule has 19 heavy (non-hydrogen) atoms. The Bertz CT molecular complexity index is 433. The quantitative estimate of drug-likeness (QED) is 0.821. The average Bonchev–Trinajstić information content (AvgIpc) is 2.80. The summed E-state index contributed by atoms with van der Waals surface area (Å²) >= 11 is 0. The normalized spacial score (nSPS) is 31.6. The summed E-state index contributed by atoms with van der Waals surface area (Å²) in [5, 5.41) is 4.51. The summed E-state index contributed by atoms with van der Waals surface area (Å²) in [7, 11) is 2.03. The van der Waals surface area contributed by atoms with Gasteiger partial charge in [-0.05, 0) is 12.5 Å². The second kappa shape index (κ2) is 5.23. The minimum atomic E-state index is 0.211. The maximum absolute atomic E-state index is 6.48. The molecule has 1 aromatic rings. The van der Waals surface area contributed by atoms with Gasteiger partial charge in [-0.15, -0.1) is 0 Å². The maximum Gasteiger partial charge on any atom is 0.0624 e. The van der Waals surface area contributed by atoms with Gasteiger partial charge in [-0.1, -0.05) is 6.92 Å². The molecule has 0 radical (unpaired) electrons. The van der Waals surface area contributed by atoms with Crippen LogP contribution < -0.4 is 5.73 Å². The van der Waals surface area contributed by atoms with E-state index in [1.165, 1.54) is 37.6 Å². The molecule has 2 bridgehead atoms. The van der Waals surface area contributed by atoms with Crippen molar-refractivity contribution in [1.82, 2.24) is 19.6 Å². The highest BCUT2D eigenvalue weighted by Gasteiger charge is 2.35. The highest BCUT2D eigenvalue weighted by Crippen LogP contribution is 2.19. The average molecular weight is 263 g/mol. The lowest BCUT2D eigenvalue weighted by atomic mass is 9.97. The van der Waals surface area contributed by atoms with Gasteiger partial charge in [-0.3, -0.25) is 14.5 Å². The van der Waals surface area contributed by atoms with Gasteiger partial charge >= 0.3 is 0 Å². The summed E-state index contributed by atoms with van der Waals surface area (Å²) in [6, 6.07) is 2.93. The fraction of sp³-hybridized carbons (Fsp3) is 0.786. The number of aryl methyl sites for hydroxylation is 2. The Kier molecular flexibility index (Phi) is 3.60. The zero-order valence-electron chi connectivity index (χ0n) is 12.0. The van der Waals surface area contributed by atoms with Crippen LogP contribution in [0.15, 0.2) is 6.07 Å². The van der Waals surface area contributed by atoms with Crippen molar-refractivity contribution in [3.63, 3.8) is 0 Å². The van der Waals surface area contributed by atoms with Crippen molar-refractivity contribution in [3.8, 4) is 0 Å². The second-order valence-electron chi connectivity index (χ2n) is 5.88. The van der Waals surface area contributed by atoms with Crippen LogP contribution in [0.2, 0.25) is 0 Å².